The van der Waals surface area contributed by atoms with Crippen LogP contribution in [0.2, 0.25) is 0 Å². The number of nitrogens with zero attached hydrogens (tertiary/aromatic N) is 2. The average Bonchev–Trinajstić information content (AvgIpc) is 2.87. The molecule has 0 aliphatic carbocycles. The number of ether oxygens (including phenoxy) is 2. The van der Waals surface area contributed by atoms with Gasteiger partial charge in [-0.2, -0.15) is 5.10 Å². The fraction of sp³-hybridized carbons (Fsp3) is 0.148. The number of benzene rings is 3. The van der Waals surface area contributed by atoms with Crippen molar-refractivity contribution in [2.75, 3.05) is 13.7 Å². The van der Waals surface area contributed by atoms with Crippen molar-refractivity contribution in [3.8, 4) is 22.8 Å². The average molecular weight is 440 g/mol. The number of hydrogen-bond donors (Lipinski definition) is 1. The number of fused-ring (bicyclic) bond motifs is 1. The van der Waals surface area contributed by atoms with Crippen molar-refractivity contribution in [2.24, 2.45) is 5.10 Å². The van der Waals surface area contributed by atoms with E-state index in [9.17, 15) is 4.79 Å². The Bertz CT molecular complexity index is 1290. The summed E-state index contributed by atoms with van der Waals surface area (Å²) in [5.74, 6) is 0.987. The molecule has 33 heavy (non-hydrogen) atoms. The van der Waals surface area contributed by atoms with Gasteiger partial charge in [-0.05, 0) is 42.3 Å². The summed E-state index contributed by atoms with van der Waals surface area (Å²) >= 11 is 0. The molecule has 0 saturated carbocycles. The van der Waals surface area contributed by atoms with Crippen molar-refractivity contribution < 1.29 is 14.3 Å². The van der Waals surface area contributed by atoms with Gasteiger partial charge >= 0.3 is 0 Å². The highest BCUT2D eigenvalue weighted by molar-refractivity contribution is 6.07. The highest BCUT2D eigenvalue weighted by atomic mass is 16.5. The lowest BCUT2D eigenvalue weighted by atomic mass is 10.0. The Morgan fingerprint density at radius 3 is 2.58 bits per heavy atom. The van der Waals surface area contributed by atoms with E-state index in [-0.39, 0.29) is 5.91 Å². The molecule has 3 aromatic carbocycles. The lowest BCUT2D eigenvalue weighted by Gasteiger charge is -2.10. The third kappa shape index (κ3) is 5.18. The maximum absolute atomic E-state index is 13.0. The normalized spacial score (nSPS) is 11.0. The minimum absolute atomic E-state index is 0.308. The van der Waals surface area contributed by atoms with E-state index in [4.69, 9.17) is 14.5 Å². The molecule has 0 radical (unpaired) electrons. The number of nitrogens with one attached hydrogen (secondary N) is 1. The van der Waals surface area contributed by atoms with Crippen LogP contribution in [0.4, 0.5) is 0 Å². The van der Waals surface area contributed by atoms with Crippen LogP contribution >= 0.6 is 0 Å². The standard InChI is InChI=1S/C27H25N3O3/c1-3-15-33-25-14-13-19(16-26(25)32-2)18-28-30-27(31)22-17-24(20-9-5-4-6-10-20)29-23-12-8-7-11-21(22)23/h4-14,16-18H,3,15H2,1-2H3,(H,30,31)/b28-18-. The molecule has 1 heterocycles. The second kappa shape index (κ2) is 10.4. The zero-order valence-electron chi connectivity index (χ0n) is 18.6. The molecule has 0 bridgehead atoms. The van der Waals surface area contributed by atoms with Gasteiger partial charge in [0.15, 0.2) is 11.5 Å². The number of rotatable bonds is 8. The molecule has 0 fully saturated rings. The van der Waals surface area contributed by atoms with Gasteiger partial charge in [0, 0.05) is 10.9 Å². The van der Waals surface area contributed by atoms with Crippen molar-refractivity contribution in [3.05, 3.63) is 90.0 Å². The number of methoxy groups -OCH3 is 1. The molecule has 6 heteroatoms. The Labute approximate surface area is 192 Å². The molecule has 166 valence electrons. The van der Waals surface area contributed by atoms with Gasteiger partial charge in [0.1, 0.15) is 0 Å². The number of hydrazone groups is 1. The van der Waals surface area contributed by atoms with E-state index >= 15 is 0 Å². The summed E-state index contributed by atoms with van der Waals surface area (Å²) in [6.45, 7) is 2.66. The van der Waals surface area contributed by atoms with E-state index < -0.39 is 0 Å². The van der Waals surface area contributed by atoms with Gasteiger partial charge < -0.3 is 9.47 Å². The second-order valence-electron chi connectivity index (χ2n) is 7.40. The van der Waals surface area contributed by atoms with Crippen LogP contribution < -0.4 is 14.9 Å². The Kier molecular flexibility index (Phi) is 6.95. The third-order valence-electron chi connectivity index (χ3n) is 5.06. The Hall–Kier alpha value is -4.19. The maximum atomic E-state index is 13.0. The van der Waals surface area contributed by atoms with Gasteiger partial charge in [-0.1, -0.05) is 55.5 Å². The molecule has 0 spiro atoms. The maximum Gasteiger partial charge on any atom is 0.272 e. The summed E-state index contributed by atoms with van der Waals surface area (Å²) in [5, 5.41) is 4.92. The quantitative estimate of drug-likeness (QED) is 0.292. The molecule has 0 atom stereocenters. The van der Waals surface area contributed by atoms with Crippen LogP contribution in [-0.2, 0) is 0 Å². The smallest absolute Gasteiger partial charge is 0.272 e. The lowest BCUT2D eigenvalue weighted by Crippen LogP contribution is -2.18. The zero-order valence-corrected chi connectivity index (χ0v) is 18.6. The Morgan fingerprint density at radius 2 is 1.79 bits per heavy atom. The van der Waals surface area contributed by atoms with E-state index in [1.165, 1.54) is 0 Å². The number of carbonyl (C=O) groups excluding carboxylic acids is 1. The van der Waals surface area contributed by atoms with Gasteiger partial charge in [-0.15, -0.1) is 0 Å². The van der Waals surface area contributed by atoms with Gasteiger partial charge in [-0.25, -0.2) is 10.4 Å². The molecule has 1 aromatic heterocycles. The molecule has 4 aromatic rings. The van der Waals surface area contributed by atoms with Crippen molar-refractivity contribution >= 4 is 23.0 Å². The molecule has 1 N–H and O–H groups in total. The Morgan fingerprint density at radius 1 is 1.00 bits per heavy atom. The highest BCUT2D eigenvalue weighted by Gasteiger charge is 2.13. The molecule has 0 aliphatic rings. The molecule has 0 unspecified atom stereocenters. The third-order valence-corrected chi connectivity index (χ3v) is 5.06. The zero-order chi connectivity index (χ0) is 23.0. The van der Waals surface area contributed by atoms with Gasteiger partial charge in [-0.3, -0.25) is 4.79 Å². The molecule has 0 saturated heterocycles. The van der Waals surface area contributed by atoms with E-state index in [2.05, 4.69) is 10.5 Å². The first-order valence-corrected chi connectivity index (χ1v) is 10.8. The lowest BCUT2D eigenvalue weighted by molar-refractivity contribution is 0.0956. The van der Waals surface area contributed by atoms with Crippen LogP contribution in [0.15, 0.2) is 84.0 Å². The van der Waals surface area contributed by atoms with Crippen LogP contribution in [-0.4, -0.2) is 30.8 Å². The topological polar surface area (TPSA) is 72.8 Å². The number of hydrogen-bond acceptors (Lipinski definition) is 5. The van der Waals surface area contributed by atoms with Crippen molar-refractivity contribution in [2.45, 2.75) is 13.3 Å². The monoisotopic (exact) mass is 439 g/mol. The van der Waals surface area contributed by atoms with E-state index in [0.717, 1.165) is 34.1 Å². The summed E-state index contributed by atoms with van der Waals surface area (Å²) in [7, 11) is 1.59. The van der Waals surface area contributed by atoms with Crippen LogP contribution in [0.5, 0.6) is 11.5 Å². The SMILES string of the molecule is CCCOc1ccc(/C=N\NC(=O)c2cc(-c3ccccc3)nc3ccccc23)cc1OC. The molecule has 4 rings (SSSR count). The minimum atomic E-state index is -0.308. The van der Waals surface area contributed by atoms with E-state index in [0.29, 0.717) is 23.7 Å². The van der Waals surface area contributed by atoms with Crippen LogP contribution in [0.3, 0.4) is 0 Å². The second-order valence-corrected chi connectivity index (χ2v) is 7.40. The summed E-state index contributed by atoms with van der Waals surface area (Å²) < 4.78 is 11.1. The fourth-order valence-corrected chi connectivity index (χ4v) is 3.44. The first-order chi connectivity index (χ1) is 16.2. The van der Waals surface area contributed by atoms with Gasteiger partial charge in [0.2, 0.25) is 0 Å². The summed E-state index contributed by atoms with van der Waals surface area (Å²) in [6, 6.07) is 24.7. The summed E-state index contributed by atoms with van der Waals surface area (Å²) in [5.41, 5.74) is 6.35. The van der Waals surface area contributed by atoms with E-state index in [1.54, 1.807) is 19.4 Å². The van der Waals surface area contributed by atoms with Crippen molar-refractivity contribution in [1.82, 2.24) is 10.4 Å². The molecule has 0 aliphatic heterocycles. The fourth-order valence-electron chi connectivity index (χ4n) is 3.44. The van der Waals surface area contributed by atoms with Crippen LogP contribution in [0.25, 0.3) is 22.2 Å². The molecular formula is C27H25N3O3. The summed E-state index contributed by atoms with van der Waals surface area (Å²) in [6.07, 6.45) is 2.49. The first-order valence-electron chi connectivity index (χ1n) is 10.8. The predicted molar refractivity (Wildman–Crippen MR) is 131 cm³/mol. The van der Waals surface area contributed by atoms with Crippen LogP contribution in [0, 0.1) is 0 Å². The van der Waals surface area contributed by atoms with E-state index in [1.807, 2.05) is 79.7 Å². The van der Waals surface area contributed by atoms with Crippen molar-refractivity contribution in [1.29, 1.82) is 0 Å². The number of pyridine rings is 1. The molecule has 1 amide bonds. The molecule has 6 nitrogen and oxygen atoms in total. The Balaban J connectivity index is 1.57. The predicted octanol–water partition coefficient (Wildman–Crippen LogP) is 5.46. The highest BCUT2D eigenvalue weighted by Crippen LogP contribution is 2.28. The molecular weight excluding hydrogens is 414 g/mol. The summed E-state index contributed by atoms with van der Waals surface area (Å²) in [4.78, 5) is 17.8. The van der Waals surface area contributed by atoms with Crippen LogP contribution in [0.1, 0.15) is 29.3 Å². The number of amides is 1. The van der Waals surface area contributed by atoms with Gasteiger partial charge in [0.05, 0.1) is 36.7 Å². The number of para-hydroxylation sites is 1. The first kappa shape index (κ1) is 22.0. The largest absolute Gasteiger partial charge is 0.493 e. The van der Waals surface area contributed by atoms with Crippen molar-refractivity contribution in [3.63, 3.8) is 0 Å². The van der Waals surface area contributed by atoms with Gasteiger partial charge in [0.25, 0.3) is 5.91 Å². The minimum Gasteiger partial charge on any atom is -0.493 e. The number of carbonyl (C=O) groups is 1. The number of aromatic nitrogens is 1.